The molecule has 2 aromatic rings. The van der Waals surface area contributed by atoms with Crippen molar-refractivity contribution >= 4 is 21.9 Å². The van der Waals surface area contributed by atoms with Gasteiger partial charge in [0, 0.05) is 12.5 Å². The summed E-state index contributed by atoms with van der Waals surface area (Å²) in [5, 5.41) is 12.5. The van der Waals surface area contributed by atoms with E-state index in [2.05, 4.69) is 25.0 Å². The molecule has 0 saturated carbocycles. The Balaban J connectivity index is 2.36. The third-order valence-corrected chi connectivity index (χ3v) is 4.88. The van der Waals surface area contributed by atoms with Gasteiger partial charge >= 0.3 is 0 Å². The number of aromatic nitrogens is 3. The van der Waals surface area contributed by atoms with Crippen molar-refractivity contribution in [1.82, 2.24) is 15.0 Å². The van der Waals surface area contributed by atoms with Crippen molar-refractivity contribution in [1.29, 1.82) is 0 Å². The van der Waals surface area contributed by atoms with Crippen LogP contribution in [0.2, 0.25) is 0 Å². The number of nitrogens with zero attached hydrogens (tertiary/aromatic N) is 3. The summed E-state index contributed by atoms with van der Waals surface area (Å²) < 4.78 is 66.3. The SMILES string of the molecule is CC(C)CC(CO)Nc1nc(CC(C)c2cc(F)c(F)cc2F)nc(NS(C)(=O)=O)n1. The molecule has 2 rings (SSSR count). The molecule has 2 atom stereocenters. The highest BCUT2D eigenvalue weighted by Gasteiger charge is 2.20. The number of anilines is 2. The molecule has 0 spiro atoms. The summed E-state index contributed by atoms with van der Waals surface area (Å²) in [6.07, 6.45) is 1.52. The third kappa shape index (κ3) is 7.62. The second kappa shape index (κ2) is 10.2. The Morgan fingerprint density at radius 1 is 1.00 bits per heavy atom. The Bertz CT molecular complexity index is 1020. The van der Waals surface area contributed by atoms with Crippen LogP contribution in [0, 0.1) is 23.4 Å². The maximum absolute atomic E-state index is 14.1. The number of hydrogen-bond donors (Lipinski definition) is 3. The Labute approximate surface area is 179 Å². The van der Waals surface area contributed by atoms with Crippen molar-refractivity contribution in [3.05, 3.63) is 41.0 Å². The smallest absolute Gasteiger partial charge is 0.241 e. The van der Waals surface area contributed by atoms with Crippen LogP contribution in [0.3, 0.4) is 0 Å². The van der Waals surface area contributed by atoms with E-state index in [0.717, 1.165) is 12.3 Å². The zero-order valence-corrected chi connectivity index (χ0v) is 18.5. The Kier molecular flexibility index (Phi) is 8.18. The second-order valence-electron chi connectivity index (χ2n) is 7.82. The standard InChI is InChI=1S/C19H26F3N5O3S/c1-10(2)5-12(9-28)23-18-24-17(25-19(26-18)27-31(4,29)30)6-11(3)13-7-15(21)16(22)8-14(13)20/h7-8,10-12,28H,5-6,9H2,1-4H3,(H2,23,24,25,26,27). The third-order valence-electron chi connectivity index (χ3n) is 4.33. The molecule has 172 valence electrons. The van der Waals surface area contributed by atoms with Crippen LogP contribution in [-0.4, -0.2) is 47.4 Å². The zero-order valence-electron chi connectivity index (χ0n) is 17.7. The first-order valence-corrected chi connectivity index (χ1v) is 11.5. The highest BCUT2D eigenvalue weighted by atomic mass is 32.2. The quantitative estimate of drug-likeness (QED) is 0.466. The van der Waals surface area contributed by atoms with Gasteiger partial charge in [0.1, 0.15) is 11.6 Å². The Hall–Kier alpha value is -2.47. The molecule has 1 aromatic heterocycles. The topological polar surface area (TPSA) is 117 Å². The van der Waals surface area contributed by atoms with E-state index in [0.29, 0.717) is 12.5 Å². The maximum Gasteiger partial charge on any atom is 0.241 e. The largest absolute Gasteiger partial charge is 0.394 e. The summed E-state index contributed by atoms with van der Waals surface area (Å²) >= 11 is 0. The predicted molar refractivity (Wildman–Crippen MR) is 111 cm³/mol. The summed E-state index contributed by atoms with van der Waals surface area (Å²) in [5.41, 5.74) is -0.0699. The van der Waals surface area contributed by atoms with Crippen LogP contribution in [0.4, 0.5) is 25.1 Å². The molecule has 1 aromatic carbocycles. The van der Waals surface area contributed by atoms with Crippen molar-refractivity contribution in [2.75, 3.05) is 22.9 Å². The van der Waals surface area contributed by atoms with Crippen molar-refractivity contribution in [3.8, 4) is 0 Å². The minimum atomic E-state index is -3.69. The molecule has 0 bridgehead atoms. The molecule has 0 aliphatic rings. The number of aliphatic hydroxyl groups excluding tert-OH is 1. The molecule has 0 fully saturated rings. The van der Waals surface area contributed by atoms with E-state index in [9.17, 15) is 26.7 Å². The van der Waals surface area contributed by atoms with E-state index in [1.807, 2.05) is 13.8 Å². The summed E-state index contributed by atoms with van der Waals surface area (Å²) in [4.78, 5) is 12.3. The Morgan fingerprint density at radius 2 is 1.61 bits per heavy atom. The van der Waals surface area contributed by atoms with Crippen LogP contribution in [-0.2, 0) is 16.4 Å². The molecular weight excluding hydrogens is 435 g/mol. The molecule has 0 aliphatic carbocycles. The van der Waals surface area contributed by atoms with Gasteiger partial charge in [-0.05, 0) is 29.9 Å². The van der Waals surface area contributed by atoms with Crippen molar-refractivity contribution in [2.24, 2.45) is 5.92 Å². The fourth-order valence-corrected chi connectivity index (χ4v) is 3.44. The lowest BCUT2D eigenvalue weighted by atomic mass is 9.96. The molecule has 0 radical (unpaired) electrons. The lowest BCUT2D eigenvalue weighted by Gasteiger charge is -2.19. The van der Waals surface area contributed by atoms with Crippen LogP contribution in [0.5, 0.6) is 0 Å². The number of rotatable bonds is 10. The fraction of sp³-hybridized carbons (Fsp3) is 0.526. The normalized spacial score (nSPS) is 13.8. The molecule has 3 N–H and O–H groups in total. The first-order valence-electron chi connectivity index (χ1n) is 9.62. The van der Waals surface area contributed by atoms with E-state index < -0.39 is 33.4 Å². The lowest BCUT2D eigenvalue weighted by molar-refractivity contribution is 0.259. The Morgan fingerprint density at radius 3 is 2.19 bits per heavy atom. The molecular formula is C19H26F3N5O3S. The van der Waals surface area contributed by atoms with E-state index >= 15 is 0 Å². The molecule has 0 saturated heterocycles. The maximum atomic E-state index is 14.1. The molecule has 0 aliphatic heterocycles. The van der Waals surface area contributed by atoms with Gasteiger partial charge in [0.2, 0.25) is 21.9 Å². The van der Waals surface area contributed by atoms with Crippen LogP contribution in [0.1, 0.15) is 44.5 Å². The van der Waals surface area contributed by atoms with Crippen LogP contribution in [0.25, 0.3) is 0 Å². The number of halogens is 3. The molecule has 12 heteroatoms. The summed E-state index contributed by atoms with van der Waals surface area (Å²) in [5.74, 6) is -3.91. The summed E-state index contributed by atoms with van der Waals surface area (Å²) in [6, 6.07) is 0.855. The van der Waals surface area contributed by atoms with Crippen LogP contribution < -0.4 is 10.0 Å². The average molecular weight is 462 g/mol. The highest BCUT2D eigenvalue weighted by molar-refractivity contribution is 7.91. The number of sulfonamides is 1. The van der Waals surface area contributed by atoms with Gasteiger partial charge in [0.25, 0.3) is 0 Å². The predicted octanol–water partition coefficient (Wildman–Crippen LogP) is 2.83. The molecule has 2 unspecified atom stereocenters. The van der Waals surface area contributed by atoms with Crippen molar-refractivity contribution in [2.45, 2.75) is 45.6 Å². The van der Waals surface area contributed by atoms with E-state index in [4.69, 9.17) is 0 Å². The first-order chi connectivity index (χ1) is 14.4. The van der Waals surface area contributed by atoms with Gasteiger partial charge in [-0.25, -0.2) is 21.6 Å². The fourth-order valence-electron chi connectivity index (χ4n) is 3.02. The van der Waals surface area contributed by atoms with Gasteiger partial charge in [-0.3, -0.25) is 4.72 Å². The molecule has 0 amide bonds. The van der Waals surface area contributed by atoms with Gasteiger partial charge in [0.15, 0.2) is 11.6 Å². The molecule has 31 heavy (non-hydrogen) atoms. The monoisotopic (exact) mass is 461 g/mol. The highest BCUT2D eigenvalue weighted by Crippen LogP contribution is 2.25. The van der Waals surface area contributed by atoms with E-state index in [1.54, 1.807) is 6.92 Å². The van der Waals surface area contributed by atoms with E-state index in [1.165, 1.54) is 0 Å². The number of nitrogens with one attached hydrogen (secondary N) is 2. The van der Waals surface area contributed by atoms with Crippen LogP contribution >= 0.6 is 0 Å². The van der Waals surface area contributed by atoms with Crippen LogP contribution in [0.15, 0.2) is 12.1 Å². The van der Waals surface area contributed by atoms with Gasteiger partial charge < -0.3 is 10.4 Å². The number of hydrogen-bond acceptors (Lipinski definition) is 7. The first kappa shape index (κ1) is 24.8. The average Bonchev–Trinajstić information content (AvgIpc) is 2.62. The minimum absolute atomic E-state index is 0.00833. The van der Waals surface area contributed by atoms with Gasteiger partial charge in [-0.2, -0.15) is 15.0 Å². The zero-order chi connectivity index (χ0) is 23.3. The number of aliphatic hydroxyl groups is 1. The van der Waals surface area contributed by atoms with Crippen molar-refractivity contribution in [3.63, 3.8) is 0 Å². The van der Waals surface area contributed by atoms with Gasteiger partial charge in [-0.1, -0.05) is 20.8 Å². The summed E-state index contributed by atoms with van der Waals surface area (Å²) in [7, 11) is -3.69. The molecule has 8 nitrogen and oxygen atoms in total. The van der Waals surface area contributed by atoms with Crippen molar-refractivity contribution < 1.29 is 26.7 Å². The van der Waals surface area contributed by atoms with E-state index in [-0.39, 0.29) is 48.3 Å². The number of benzene rings is 1. The minimum Gasteiger partial charge on any atom is -0.394 e. The van der Waals surface area contributed by atoms with Gasteiger partial charge in [-0.15, -0.1) is 0 Å². The molecule has 1 heterocycles. The van der Waals surface area contributed by atoms with Gasteiger partial charge in [0.05, 0.1) is 18.9 Å². The second-order valence-corrected chi connectivity index (χ2v) is 9.57. The lowest BCUT2D eigenvalue weighted by Crippen LogP contribution is -2.27. The summed E-state index contributed by atoms with van der Waals surface area (Å²) in [6.45, 7) is 5.31.